The molecule has 2 N–H and O–H groups in total. The minimum absolute atomic E-state index is 0.00555. The number of imide groups is 1. The summed E-state index contributed by atoms with van der Waals surface area (Å²) in [6, 6.07) is 14.2. The van der Waals surface area contributed by atoms with Crippen molar-refractivity contribution in [3.05, 3.63) is 115 Å². The highest BCUT2D eigenvalue weighted by Gasteiger charge is 2.35. The van der Waals surface area contributed by atoms with E-state index in [-0.39, 0.29) is 48.0 Å². The Balaban J connectivity index is 1.29. The average molecular weight is 508 g/mol. The second-order valence-electron chi connectivity index (χ2n) is 8.14. The zero-order chi connectivity index (χ0) is 25.4. The average Bonchev–Trinajstić information content (AvgIpc) is 3.40. The molecule has 0 bridgehead atoms. The number of nitrogens with zero attached hydrogens (tertiary/aromatic N) is 4. The van der Waals surface area contributed by atoms with Crippen molar-refractivity contribution in [1.29, 1.82) is 0 Å². The van der Waals surface area contributed by atoms with Crippen molar-refractivity contribution in [1.82, 2.24) is 24.6 Å². The molecule has 2 aromatic carbocycles. The van der Waals surface area contributed by atoms with Crippen LogP contribution in [0.5, 0.6) is 0 Å². The smallest absolute Gasteiger partial charge is 0.329 e. The van der Waals surface area contributed by atoms with Crippen LogP contribution in [0.15, 0.2) is 68.7 Å². The fraction of sp³-hybridized carbons (Fsp3) is 0.167. The number of amides is 2. The van der Waals surface area contributed by atoms with Crippen LogP contribution in [0.25, 0.3) is 0 Å². The minimum atomic E-state index is -0.903. The quantitative estimate of drug-likeness (QED) is 0.358. The molecule has 0 saturated heterocycles. The van der Waals surface area contributed by atoms with Gasteiger partial charge in [0.25, 0.3) is 17.4 Å². The van der Waals surface area contributed by atoms with Gasteiger partial charge in [-0.05, 0) is 29.8 Å². The molecule has 2 aromatic heterocycles. The monoisotopic (exact) mass is 507 g/mol. The number of H-pyrrole nitrogens is 1. The number of aromatic nitrogens is 4. The van der Waals surface area contributed by atoms with E-state index < -0.39 is 29.2 Å². The van der Waals surface area contributed by atoms with Crippen LogP contribution in [0.4, 0.5) is 0 Å². The maximum atomic E-state index is 12.6. The second kappa shape index (κ2) is 9.36. The van der Waals surface area contributed by atoms with E-state index in [0.29, 0.717) is 10.6 Å². The predicted molar refractivity (Wildman–Crippen MR) is 125 cm³/mol. The number of carbonyl (C=O) groups is 2. The summed E-state index contributed by atoms with van der Waals surface area (Å²) in [5.41, 5.74) is -0.181. The van der Waals surface area contributed by atoms with Crippen molar-refractivity contribution in [2.75, 3.05) is 0 Å². The Morgan fingerprint density at radius 1 is 0.972 bits per heavy atom. The molecule has 1 atom stereocenters. The molecule has 0 unspecified atom stereocenters. The van der Waals surface area contributed by atoms with Crippen LogP contribution in [0.3, 0.4) is 0 Å². The van der Waals surface area contributed by atoms with Gasteiger partial charge in [0, 0.05) is 23.2 Å². The van der Waals surface area contributed by atoms with Crippen molar-refractivity contribution >= 4 is 23.4 Å². The Kier molecular flexibility index (Phi) is 6.08. The number of halogens is 1. The third kappa shape index (κ3) is 4.49. The molecule has 4 aromatic rings. The number of aliphatic hydroxyl groups excluding tert-OH is 1. The summed E-state index contributed by atoms with van der Waals surface area (Å²) in [6.07, 6.45) is -0.851. The molecular weight excluding hydrogens is 490 g/mol. The van der Waals surface area contributed by atoms with Gasteiger partial charge < -0.3 is 14.6 Å². The number of hydrogen-bond donors (Lipinski definition) is 2. The molecule has 1 aliphatic heterocycles. The first kappa shape index (κ1) is 23.4. The second-order valence-corrected chi connectivity index (χ2v) is 8.58. The van der Waals surface area contributed by atoms with E-state index in [4.69, 9.17) is 16.1 Å². The molecule has 0 fully saturated rings. The number of hydrogen-bond acceptors (Lipinski definition) is 8. The van der Waals surface area contributed by atoms with Crippen LogP contribution in [0, 0.1) is 0 Å². The molecule has 2 amide bonds. The fourth-order valence-corrected chi connectivity index (χ4v) is 4.03. The normalized spacial score (nSPS) is 13.8. The first-order valence-corrected chi connectivity index (χ1v) is 11.2. The highest BCUT2D eigenvalue weighted by Crippen LogP contribution is 2.23. The fourth-order valence-electron chi connectivity index (χ4n) is 3.90. The molecular formula is C24H18ClN5O6. The van der Waals surface area contributed by atoms with Crippen molar-refractivity contribution < 1.29 is 19.2 Å². The van der Waals surface area contributed by atoms with Crippen molar-refractivity contribution in [2.45, 2.75) is 25.6 Å². The Bertz CT molecular complexity index is 1520. The van der Waals surface area contributed by atoms with Gasteiger partial charge in [0.05, 0.1) is 23.8 Å². The summed E-state index contributed by atoms with van der Waals surface area (Å²) in [6.45, 7) is -0.559. The highest BCUT2D eigenvalue weighted by molar-refractivity contribution is 6.30. The van der Waals surface area contributed by atoms with Crippen LogP contribution in [-0.4, -0.2) is 41.5 Å². The topological polar surface area (TPSA) is 151 Å². The van der Waals surface area contributed by atoms with E-state index in [2.05, 4.69) is 15.1 Å². The van der Waals surface area contributed by atoms with E-state index in [9.17, 15) is 24.3 Å². The summed E-state index contributed by atoms with van der Waals surface area (Å²) < 4.78 is 5.98. The van der Waals surface area contributed by atoms with Gasteiger partial charge in [-0.1, -0.05) is 41.0 Å². The van der Waals surface area contributed by atoms with Gasteiger partial charge in [-0.2, -0.15) is 4.98 Å². The number of fused-ring (bicyclic) bond motifs is 1. The maximum absolute atomic E-state index is 12.6. The lowest BCUT2D eigenvalue weighted by molar-refractivity contribution is 0.0640. The number of benzene rings is 2. The largest absolute Gasteiger partial charge is 0.388 e. The Labute approximate surface area is 207 Å². The predicted octanol–water partition coefficient (Wildman–Crippen LogP) is 1.69. The lowest BCUT2D eigenvalue weighted by Crippen LogP contribution is -2.38. The summed E-state index contributed by atoms with van der Waals surface area (Å²) >= 11 is 5.86. The summed E-state index contributed by atoms with van der Waals surface area (Å²) in [7, 11) is 0. The van der Waals surface area contributed by atoms with Gasteiger partial charge in [-0.25, -0.2) is 4.79 Å². The Hall–Kier alpha value is -4.35. The number of aromatic amines is 1. The lowest BCUT2D eigenvalue weighted by atomic mass is 10.1. The number of carbonyl (C=O) groups excluding carboxylic acids is 2. The summed E-state index contributed by atoms with van der Waals surface area (Å²) in [5.74, 6) is -0.812. The van der Waals surface area contributed by atoms with Gasteiger partial charge in [0.2, 0.25) is 5.89 Å². The Morgan fingerprint density at radius 2 is 1.64 bits per heavy atom. The summed E-state index contributed by atoms with van der Waals surface area (Å²) in [5, 5.41) is 14.7. The third-order valence-electron chi connectivity index (χ3n) is 5.72. The van der Waals surface area contributed by atoms with Crippen molar-refractivity contribution in [3.63, 3.8) is 0 Å². The molecule has 0 saturated carbocycles. The molecule has 5 rings (SSSR count). The molecule has 1 aliphatic rings. The molecule has 36 heavy (non-hydrogen) atoms. The molecule has 0 spiro atoms. The molecule has 182 valence electrons. The molecule has 12 heteroatoms. The lowest BCUT2D eigenvalue weighted by Gasteiger charge is -2.13. The van der Waals surface area contributed by atoms with Gasteiger partial charge >= 0.3 is 5.69 Å². The molecule has 11 nitrogen and oxygen atoms in total. The minimum Gasteiger partial charge on any atom is -0.388 e. The van der Waals surface area contributed by atoms with Crippen LogP contribution in [-0.2, 0) is 19.5 Å². The van der Waals surface area contributed by atoms with E-state index in [1.807, 2.05) is 0 Å². The maximum Gasteiger partial charge on any atom is 0.329 e. The van der Waals surface area contributed by atoms with Crippen LogP contribution >= 0.6 is 11.6 Å². The van der Waals surface area contributed by atoms with Gasteiger partial charge in [0.1, 0.15) is 6.54 Å². The SMILES string of the molecule is O=C1c2ccccc2C(=O)N1Cc1cc(=O)n(Cc2nc(C[C@H](O)c3ccc(Cl)cc3)no2)c(=O)[nH]1. The van der Waals surface area contributed by atoms with Gasteiger partial charge in [-0.15, -0.1) is 0 Å². The van der Waals surface area contributed by atoms with Crippen LogP contribution in [0.1, 0.15) is 49.8 Å². The van der Waals surface area contributed by atoms with E-state index in [1.54, 1.807) is 48.5 Å². The molecule has 0 aliphatic carbocycles. The first-order valence-electron chi connectivity index (χ1n) is 10.8. The number of nitrogens with one attached hydrogen (secondary N) is 1. The Morgan fingerprint density at radius 3 is 2.28 bits per heavy atom. The first-order chi connectivity index (χ1) is 17.3. The van der Waals surface area contributed by atoms with Gasteiger partial charge in [0.15, 0.2) is 5.82 Å². The van der Waals surface area contributed by atoms with E-state index in [0.717, 1.165) is 15.5 Å². The van der Waals surface area contributed by atoms with E-state index >= 15 is 0 Å². The van der Waals surface area contributed by atoms with Crippen LogP contribution in [0.2, 0.25) is 5.02 Å². The van der Waals surface area contributed by atoms with Gasteiger partial charge in [-0.3, -0.25) is 23.9 Å². The summed E-state index contributed by atoms with van der Waals surface area (Å²) in [4.78, 5) is 58.0. The number of aliphatic hydroxyl groups is 1. The molecule has 0 radical (unpaired) electrons. The van der Waals surface area contributed by atoms with Crippen LogP contribution < -0.4 is 11.2 Å². The number of rotatable bonds is 7. The standard InChI is InChI=1S/C24H18ClN5O6/c25-14-7-5-13(6-8-14)18(31)10-19-27-20(36-28-19)12-29-21(32)9-15(26-24(29)35)11-30-22(33)16-3-1-2-4-17(16)23(30)34/h1-9,18,31H,10-12H2,(H,26,35)/t18-/m0/s1. The third-order valence-corrected chi connectivity index (χ3v) is 5.97. The van der Waals surface area contributed by atoms with Crippen molar-refractivity contribution in [3.8, 4) is 0 Å². The zero-order valence-corrected chi connectivity index (χ0v) is 19.3. The molecule has 3 heterocycles. The highest BCUT2D eigenvalue weighted by atomic mass is 35.5. The van der Waals surface area contributed by atoms with E-state index in [1.165, 1.54) is 0 Å². The zero-order valence-electron chi connectivity index (χ0n) is 18.6. The van der Waals surface area contributed by atoms with Crippen molar-refractivity contribution in [2.24, 2.45) is 0 Å².